The van der Waals surface area contributed by atoms with Crippen molar-refractivity contribution in [1.82, 2.24) is 4.98 Å². The zero-order valence-electron chi connectivity index (χ0n) is 12.9. The topological polar surface area (TPSA) is 43.7 Å². The summed E-state index contributed by atoms with van der Waals surface area (Å²) in [5.74, 6) is 1.64. The van der Waals surface area contributed by atoms with E-state index < -0.39 is 0 Å². The van der Waals surface area contributed by atoms with Gasteiger partial charge in [-0.25, -0.2) is 0 Å². The Labute approximate surface area is 135 Å². The molecular weight excluding hydrogens is 288 g/mol. The number of aliphatic imine (C=N–C) groups is 1. The van der Waals surface area contributed by atoms with Crippen LogP contribution in [0.2, 0.25) is 0 Å². The second-order valence-corrected chi connectivity index (χ2v) is 5.65. The molecule has 0 saturated heterocycles. The molecule has 1 aromatic heterocycles. The van der Waals surface area contributed by atoms with Gasteiger partial charge in [-0.3, -0.25) is 9.98 Å². The van der Waals surface area contributed by atoms with Gasteiger partial charge >= 0.3 is 0 Å². The minimum atomic E-state index is 0.607. The van der Waals surface area contributed by atoms with E-state index in [4.69, 9.17) is 14.5 Å². The largest absolute Gasteiger partial charge is 0.486 e. The lowest BCUT2D eigenvalue weighted by atomic mass is 9.95. The fraction of sp³-hybridized carbons (Fsp3) is 0.263. The van der Waals surface area contributed by atoms with Gasteiger partial charge in [0.15, 0.2) is 11.5 Å². The molecule has 0 saturated carbocycles. The van der Waals surface area contributed by atoms with Crippen LogP contribution in [0.5, 0.6) is 11.5 Å². The van der Waals surface area contributed by atoms with E-state index in [1.807, 2.05) is 24.4 Å². The predicted octanol–water partition coefficient (Wildman–Crippen LogP) is 3.52. The minimum absolute atomic E-state index is 0.607. The molecule has 0 unspecified atom stereocenters. The van der Waals surface area contributed by atoms with Gasteiger partial charge in [-0.1, -0.05) is 6.07 Å². The Morgan fingerprint density at radius 3 is 2.83 bits per heavy atom. The first-order valence-corrected chi connectivity index (χ1v) is 7.95. The Morgan fingerprint density at radius 2 is 1.96 bits per heavy atom. The Bertz CT molecular complexity index is 766. The van der Waals surface area contributed by atoms with Crippen molar-refractivity contribution in [3.63, 3.8) is 0 Å². The molecule has 0 radical (unpaired) electrons. The maximum Gasteiger partial charge on any atom is 0.161 e. The molecule has 0 fully saturated rings. The standard InChI is InChI=1S/C19H18N2O2/c1-4-16(13-20-7-1)19-15(3-2-8-21-19)11-14-5-6-17-18(12-14)23-10-9-22-17/h1,4-7,11-13H,2-3,8-10H2. The molecule has 2 aliphatic rings. The van der Waals surface area contributed by atoms with Gasteiger partial charge in [0.1, 0.15) is 13.2 Å². The van der Waals surface area contributed by atoms with Crippen LogP contribution in [0.4, 0.5) is 0 Å². The van der Waals surface area contributed by atoms with Crippen LogP contribution in [0.3, 0.4) is 0 Å². The first kappa shape index (κ1) is 14.0. The number of rotatable bonds is 2. The van der Waals surface area contributed by atoms with Crippen LogP contribution in [0.25, 0.3) is 6.08 Å². The van der Waals surface area contributed by atoms with E-state index in [1.54, 1.807) is 6.20 Å². The quantitative estimate of drug-likeness (QED) is 0.852. The summed E-state index contributed by atoms with van der Waals surface area (Å²) < 4.78 is 11.3. The number of fused-ring (bicyclic) bond motifs is 1. The third kappa shape index (κ3) is 2.97. The van der Waals surface area contributed by atoms with Crippen LogP contribution in [0.1, 0.15) is 24.0 Å². The van der Waals surface area contributed by atoms with Crippen molar-refractivity contribution in [1.29, 1.82) is 0 Å². The second kappa shape index (κ2) is 6.24. The van der Waals surface area contributed by atoms with Crippen molar-refractivity contribution < 1.29 is 9.47 Å². The molecule has 23 heavy (non-hydrogen) atoms. The first-order chi connectivity index (χ1) is 11.4. The Hall–Kier alpha value is -2.62. The molecule has 2 aromatic rings. The summed E-state index contributed by atoms with van der Waals surface area (Å²) in [6.07, 6.45) is 7.98. The highest BCUT2D eigenvalue weighted by Gasteiger charge is 2.15. The summed E-state index contributed by atoms with van der Waals surface area (Å²) in [5, 5.41) is 0. The molecule has 0 atom stereocenters. The Kier molecular flexibility index (Phi) is 3.80. The van der Waals surface area contributed by atoms with Crippen molar-refractivity contribution >= 4 is 11.8 Å². The summed E-state index contributed by atoms with van der Waals surface area (Å²) in [6, 6.07) is 10.1. The zero-order valence-corrected chi connectivity index (χ0v) is 12.9. The Morgan fingerprint density at radius 1 is 1.04 bits per heavy atom. The van der Waals surface area contributed by atoms with Gasteiger partial charge in [-0.2, -0.15) is 0 Å². The fourth-order valence-electron chi connectivity index (χ4n) is 2.95. The lowest BCUT2D eigenvalue weighted by Gasteiger charge is -2.19. The summed E-state index contributed by atoms with van der Waals surface area (Å²) in [7, 11) is 0. The summed E-state index contributed by atoms with van der Waals surface area (Å²) in [5.41, 5.74) is 4.50. The molecular formula is C19H18N2O2. The second-order valence-electron chi connectivity index (χ2n) is 5.65. The first-order valence-electron chi connectivity index (χ1n) is 7.95. The molecule has 4 rings (SSSR count). The maximum absolute atomic E-state index is 5.67. The van der Waals surface area contributed by atoms with E-state index in [2.05, 4.69) is 23.2 Å². The molecule has 0 amide bonds. The molecule has 0 spiro atoms. The van der Waals surface area contributed by atoms with Gasteiger partial charge in [-0.05, 0) is 54.3 Å². The molecule has 4 nitrogen and oxygen atoms in total. The molecule has 0 aliphatic carbocycles. The average molecular weight is 306 g/mol. The highest BCUT2D eigenvalue weighted by Crippen LogP contribution is 2.32. The minimum Gasteiger partial charge on any atom is -0.486 e. The van der Waals surface area contributed by atoms with Crippen molar-refractivity contribution in [2.24, 2.45) is 4.99 Å². The molecule has 0 bridgehead atoms. The third-order valence-electron chi connectivity index (χ3n) is 4.02. The Balaban J connectivity index is 1.69. The molecule has 2 aliphatic heterocycles. The highest BCUT2D eigenvalue weighted by molar-refractivity contribution is 6.15. The lowest BCUT2D eigenvalue weighted by molar-refractivity contribution is 0.171. The van der Waals surface area contributed by atoms with Crippen LogP contribution < -0.4 is 9.47 Å². The smallest absolute Gasteiger partial charge is 0.161 e. The van der Waals surface area contributed by atoms with Gasteiger partial charge in [0, 0.05) is 24.5 Å². The van der Waals surface area contributed by atoms with E-state index in [1.165, 1.54) is 5.57 Å². The van der Waals surface area contributed by atoms with E-state index in [-0.39, 0.29) is 0 Å². The monoisotopic (exact) mass is 306 g/mol. The van der Waals surface area contributed by atoms with E-state index in [0.29, 0.717) is 13.2 Å². The third-order valence-corrected chi connectivity index (χ3v) is 4.02. The number of hydrogen-bond acceptors (Lipinski definition) is 4. The number of nitrogens with zero attached hydrogens (tertiary/aromatic N) is 2. The number of ether oxygens (including phenoxy) is 2. The van der Waals surface area contributed by atoms with Gasteiger partial charge in [0.25, 0.3) is 0 Å². The molecule has 1 aromatic carbocycles. The van der Waals surface area contributed by atoms with Gasteiger partial charge in [0.2, 0.25) is 0 Å². The van der Waals surface area contributed by atoms with Gasteiger partial charge < -0.3 is 9.47 Å². The predicted molar refractivity (Wildman–Crippen MR) is 90.3 cm³/mol. The molecule has 0 N–H and O–H groups in total. The van der Waals surface area contributed by atoms with Gasteiger partial charge in [0.05, 0.1) is 5.71 Å². The zero-order chi connectivity index (χ0) is 15.5. The van der Waals surface area contributed by atoms with Crippen molar-refractivity contribution in [3.8, 4) is 11.5 Å². The van der Waals surface area contributed by atoms with Crippen LogP contribution in [0.15, 0.2) is 53.3 Å². The van der Waals surface area contributed by atoms with E-state index in [0.717, 1.165) is 47.7 Å². The van der Waals surface area contributed by atoms with Crippen molar-refractivity contribution in [3.05, 3.63) is 59.4 Å². The van der Waals surface area contributed by atoms with Crippen LogP contribution >= 0.6 is 0 Å². The number of pyridine rings is 1. The van der Waals surface area contributed by atoms with Crippen LogP contribution in [0, 0.1) is 0 Å². The lowest BCUT2D eigenvalue weighted by Crippen LogP contribution is -2.15. The maximum atomic E-state index is 5.67. The summed E-state index contributed by atoms with van der Waals surface area (Å²) in [6.45, 7) is 2.10. The van der Waals surface area contributed by atoms with Crippen molar-refractivity contribution in [2.75, 3.05) is 19.8 Å². The summed E-state index contributed by atoms with van der Waals surface area (Å²) >= 11 is 0. The molecule has 3 heterocycles. The normalized spacial score (nSPS) is 18.6. The number of allylic oxidation sites excluding steroid dienone is 1. The SMILES string of the molecule is C(=C1CCCN=C1c1cccnc1)c1ccc2c(c1)OCCO2. The van der Waals surface area contributed by atoms with Crippen LogP contribution in [-0.4, -0.2) is 30.5 Å². The van der Waals surface area contributed by atoms with Crippen molar-refractivity contribution in [2.45, 2.75) is 12.8 Å². The molecule has 4 heteroatoms. The van der Waals surface area contributed by atoms with E-state index >= 15 is 0 Å². The number of aromatic nitrogens is 1. The number of benzene rings is 1. The number of hydrogen-bond donors (Lipinski definition) is 0. The fourth-order valence-corrected chi connectivity index (χ4v) is 2.95. The van der Waals surface area contributed by atoms with E-state index in [9.17, 15) is 0 Å². The van der Waals surface area contributed by atoms with Gasteiger partial charge in [-0.15, -0.1) is 0 Å². The average Bonchev–Trinajstić information content (AvgIpc) is 2.63. The summed E-state index contributed by atoms with van der Waals surface area (Å²) in [4.78, 5) is 8.93. The van der Waals surface area contributed by atoms with Crippen LogP contribution in [-0.2, 0) is 0 Å². The molecule has 116 valence electrons. The highest BCUT2D eigenvalue weighted by atomic mass is 16.6.